The molecule has 0 atom stereocenters. The van der Waals surface area contributed by atoms with E-state index < -0.39 is 5.41 Å². The molecule has 2 heterocycles. The Hall–Kier alpha value is -2.11. The van der Waals surface area contributed by atoms with E-state index in [1.165, 1.54) is 0 Å². The lowest BCUT2D eigenvalue weighted by atomic mass is 9.92. The van der Waals surface area contributed by atoms with Crippen molar-refractivity contribution in [3.8, 4) is 0 Å². The van der Waals surface area contributed by atoms with E-state index in [9.17, 15) is 4.79 Å². The minimum atomic E-state index is -0.510. The molecule has 2 aromatic rings. The number of fused-ring (bicyclic) bond motifs is 1. The predicted octanol–water partition coefficient (Wildman–Crippen LogP) is 2.04. The van der Waals surface area contributed by atoms with Crippen LogP contribution >= 0.6 is 0 Å². The molecule has 0 saturated carbocycles. The zero-order valence-electron chi connectivity index (χ0n) is 13.3. The molecule has 0 fully saturated rings. The Labute approximate surface area is 125 Å². The standard InChI is InChI=1S/C15H23N5O/c1-10(2)11-8-12-13(17-6-7-20(12)19-11)18-9-15(3,4)14(21)16-5/h6-8,10H,9H2,1-5H3,(H,16,21)(H,17,18). The molecule has 0 spiro atoms. The van der Waals surface area contributed by atoms with Crippen LogP contribution in [-0.2, 0) is 4.79 Å². The molecule has 0 saturated heterocycles. The van der Waals surface area contributed by atoms with Crippen LogP contribution in [0.1, 0.15) is 39.3 Å². The summed E-state index contributed by atoms with van der Waals surface area (Å²) < 4.78 is 1.82. The summed E-state index contributed by atoms with van der Waals surface area (Å²) in [6.07, 6.45) is 3.54. The van der Waals surface area contributed by atoms with Gasteiger partial charge in [0.15, 0.2) is 5.82 Å². The number of hydrogen-bond acceptors (Lipinski definition) is 4. The van der Waals surface area contributed by atoms with Gasteiger partial charge in [-0.15, -0.1) is 0 Å². The number of anilines is 1. The second kappa shape index (κ2) is 5.71. The number of nitrogens with one attached hydrogen (secondary N) is 2. The lowest BCUT2D eigenvalue weighted by molar-refractivity contribution is -0.128. The average Bonchev–Trinajstić information content (AvgIpc) is 2.88. The summed E-state index contributed by atoms with van der Waals surface area (Å²) in [5, 5.41) is 10.5. The van der Waals surface area contributed by atoms with E-state index in [1.807, 2.05) is 30.6 Å². The molecule has 0 radical (unpaired) electrons. The minimum absolute atomic E-state index is 0.00155. The maximum Gasteiger partial charge on any atom is 0.227 e. The predicted molar refractivity (Wildman–Crippen MR) is 83.4 cm³/mol. The van der Waals surface area contributed by atoms with Crippen molar-refractivity contribution >= 4 is 17.2 Å². The van der Waals surface area contributed by atoms with Gasteiger partial charge in [0.1, 0.15) is 5.52 Å². The number of carbonyl (C=O) groups is 1. The van der Waals surface area contributed by atoms with Crippen molar-refractivity contribution in [2.24, 2.45) is 5.41 Å². The second-order valence-corrected chi connectivity index (χ2v) is 6.15. The van der Waals surface area contributed by atoms with Gasteiger partial charge in [-0.05, 0) is 25.8 Å². The lowest BCUT2D eigenvalue weighted by Crippen LogP contribution is -2.39. The van der Waals surface area contributed by atoms with E-state index >= 15 is 0 Å². The zero-order chi connectivity index (χ0) is 15.6. The van der Waals surface area contributed by atoms with Crippen LogP contribution in [0, 0.1) is 5.41 Å². The molecular weight excluding hydrogens is 266 g/mol. The SMILES string of the molecule is CNC(=O)C(C)(C)CNc1nccn2nc(C(C)C)cc12. The number of hydrogen-bond donors (Lipinski definition) is 2. The van der Waals surface area contributed by atoms with Gasteiger partial charge in [0.05, 0.1) is 11.1 Å². The number of rotatable bonds is 5. The van der Waals surface area contributed by atoms with Crippen LogP contribution in [0.3, 0.4) is 0 Å². The quantitative estimate of drug-likeness (QED) is 0.883. The molecule has 0 aliphatic carbocycles. The molecule has 2 N–H and O–H groups in total. The molecule has 0 bridgehead atoms. The van der Waals surface area contributed by atoms with Gasteiger partial charge in [0.25, 0.3) is 0 Å². The summed E-state index contributed by atoms with van der Waals surface area (Å²) in [6, 6.07) is 2.03. The highest BCUT2D eigenvalue weighted by Crippen LogP contribution is 2.22. The van der Waals surface area contributed by atoms with E-state index in [0.29, 0.717) is 12.5 Å². The summed E-state index contributed by atoms with van der Waals surface area (Å²) in [7, 11) is 1.65. The van der Waals surface area contributed by atoms with E-state index in [-0.39, 0.29) is 5.91 Å². The first-order valence-corrected chi connectivity index (χ1v) is 7.15. The third kappa shape index (κ3) is 3.15. The summed E-state index contributed by atoms with van der Waals surface area (Å²) in [5.74, 6) is 1.10. The lowest BCUT2D eigenvalue weighted by Gasteiger charge is -2.23. The molecule has 0 unspecified atom stereocenters. The fraction of sp³-hybridized carbons (Fsp3) is 0.533. The average molecular weight is 289 g/mol. The van der Waals surface area contributed by atoms with Gasteiger partial charge in [0, 0.05) is 26.0 Å². The maximum atomic E-state index is 11.8. The fourth-order valence-corrected chi connectivity index (χ4v) is 2.08. The molecule has 6 heteroatoms. The number of carbonyl (C=O) groups excluding carboxylic acids is 1. The summed E-state index contributed by atoms with van der Waals surface area (Å²) in [4.78, 5) is 16.2. The van der Waals surface area contributed by atoms with Crippen LogP contribution in [0.2, 0.25) is 0 Å². The smallest absolute Gasteiger partial charge is 0.227 e. The third-order valence-electron chi connectivity index (χ3n) is 3.54. The van der Waals surface area contributed by atoms with Crippen molar-refractivity contribution in [3.05, 3.63) is 24.2 Å². The Morgan fingerprint density at radius 2 is 2.14 bits per heavy atom. The monoisotopic (exact) mass is 289 g/mol. The molecule has 1 amide bonds. The first kappa shape index (κ1) is 15.3. The van der Waals surface area contributed by atoms with Crippen LogP contribution in [0.25, 0.3) is 5.52 Å². The molecule has 0 aliphatic heterocycles. The van der Waals surface area contributed by atoms with E-state index in [1.54, 1.807) is 13.2 Å². The van der Waals surface area contributed by atoms with Gasteiger partial charge in [-0.3, -0.25) is 4.79 Å². The molecule has 0 aromatic carbocycles. The Morgan fingerprint density at radius 1 is 1.43 bits per heavy atom. The van der Waals surface area contributed by atoms with Crippen LogP contribution in [-0.4, -0.2) is 34.1 Å². The zero-order valence-corrected chi connectivity index (χ0v) is 13.3. The topological polar surface area (TPSA) is 71.3 Å². The number of aromatic nitrogens is 3. The van der Waals surface area contributed by atoms with Gasteiger partial charge in [-0.2, -0.15) is 5.10 Å². The van der Waals surface area contributed by atoms with Gasteiger partial charge in [-0.1, -0.05) is 13.8 Å². The van der Waals surface area contributed by atoms with Gasteiger partial charge in [0.2, 0.25) is 5.91 Å². The van der Waals surface area contributed by atoms with E-state index in [4.69, 9.17) is 0 Å². The summed E-state index contributed by atoms with van der Waals surface area (Å²) in [5.41, 5.74) is 1.44. The van der Waals surface area contributed by atoms with E-state index in [0.717, 1.165) is 17.0 Å². The highest BCUT2D eigenvalue weighted by Gasteiger charge is 2.26. The molecule has 0 aliphatic rings. The van der Waals surface area contributed by atoms with Crippen LogP contribution in [0.15, 0.2) is 18.5 Å². The highest BCUT2D eigenvalue weighted by molar-refractivity contribution is 5.82. The van der Waals surface area contributed by atoms with Gasteiger partial charge in [-0.25, -0.2) is 9.50 Å². The van der Waals surface area contributed by atoms with Crippen molar-refractivity contribution in [1.82, 2.24) is 19.9 Å². The van der Waals surface area contributed by atoms with Gasteiger partial charge < -0.3 is 10.6 Å². The second-order valence-electron chi connectivity index (χ2n) is 6.15. The largest absolute Gasteiger partial charge is 0.367 e. The Kier molecular flexibility index (Phi) is 4.16. The maximum absolute atomic E-state index is 11.8. The summed E-state index contributed by atoms with van der Waals surface area (Å²) in [6.45, 7) is 8.51. The molecule has 21 heavy (non-hydrogen) atoms. The third-order valence-corrected chi connectivity index (χ3v) is 3.54. The van der Waals surface area contributed by atoms with Crippen molar-refractivity contribution < 1.29 is 4.79 Å². The molecule has 2 aromatic heterocycles. The minimum Gasteiger partial charge on any atom is -0.367 e. The van der Waals surface area contributed by atoms with Gasteiger partial charge >= 0.3 is 0 Å². The number of amides is 1. The van der Waals surface area contributed by atoms with Crippen molar-refractivity contribution in [2.45, 2.75) is 33.6 Å². The Balaban J connectivity index is 2.24. The normalized spacial score (nSPS) is 11.9. The van der Waals surface area contributed by atoms with E-state index in [2.05, 4.69) is 34.6 Å². The van der Waals surface area contributed by atoms with Crippen molar-refractivity contribution in [2.75, 3.05) is 18.9 Å². The molecular formula is C15H23N5O. The summed E-state index contributed by atoms with van der Waals surface area (Å²) >= 11 is 0. The molecule has 6 nitrogen and oxygen atoms in total. The first-order chi connectivity index (χ1) is 9.85. The van der Waals surface area contributed by atoms with Crippen LogP contribution < -0.4 is 10.6 Å². The molecule has 114 valence electrons. The highest BCUT2D eigenvalue weighted by atomic mass is 16.2. The van der Waals surface area contributed by atoms with Crippen molar-refractivity contribution in [1.29, 1.82) is 0 Å². The van der Waals surface area contributed by atoms with Crippen LogP contribution in [0.4, 0.5) is 5.82 Å². The Bertz CT molecular complexity index is 645. The van der Waals surface area contributed by atoms with Crippen molar-refractivity contribution in [3.63, 3.8) is 0 Å². The Morgan fingerprint density at radius 3 is 2.76 bits per heavy atom. The first-order valence-electron chi connectivity index (χ1n) is 7.15. The number of nitrogens with zero attached hydrogens (tertiary/aromatic N) is 3. The van der Waals surface area contributed by atoms with Crippen LogP contribution in [0.5, 0.6) is 0 Å². The fourth-order valence-electron chi connectivity index (χ4n) is 2.08. The molecule has 2 rings (SSSR count).